The number of hydrogen-bond donors (Lipinski definition) is 0. The molecule has 2 aromatic rings. The molecule has 1 heteroatoms. The molecular formula is C13H17N. The van der Waals surface area contributed by atoms with E-state index in [4.69, 9.17) is 0 Å². The summed E-state index contributed by atoms with van der Waals surface area (Å²) in [7, 11) is 0. The van der Waals surface area contributed by atoms with Crippen molar-refractivity contribution in [3.63, 3.8) is 0 Å². The average molecular weight is 187 g/mol. The summed E-state index contributed by atoms with van der Waals surface area (Å²) in [4.78, 5) is 0. The second kappa shape index (κ2) is 3.87. The Kier molecular flexibility index (Phi) is 2.58. The van der Waals surface area contributed by atoms with Crippen LogP contribution < -0.4 is 0 Å². The minimum atomic E-state index is 1.14. The number of rotatable bonds is 3. The fourth-order valence-corrected chi connectivity index (χ4v) is 1.90. The smallest absolute Gasteiger partial charge is 0.0482 e. The quantitative estimate of drug-likeness (QED) is 0.689. The van der Waals surface area contributed by atoms with Crippen LogP contribution in [0, 0.1) is 6.92 Å². The molecule has 1 heterocycles. The van der Waals surface area contributed by atoms with E-state index in [0.29, 0.717) is 0 Å². The fourth-order valence-electron chi connectivity index (χ4n) is 1.90. The Balaban J connectivity index is 2.42. The van der Waals surface area contributed by atoms with Crippen LogP contribution in [0.5, 0.6) is 0 Å². The van der Waals surface area contributed by atoms with Gasteiger partial charge in [-0.15, -0.1) is 0 Å². The van der Waals surface area contributed by atoms with Crippen molar-refractivity contribution < 1.29 is 0 Å². The third-order valence-electron chi connectivity index (χ3n) is 2.78. The molecule has 1 nitrogen and oxygen atoms in total. The van der Waals surface area contributed by atoms with Crippen molar-refractivity contribution in [1.82, 2.24) is 4.57 Å². The van der Waals surface area contributed by atoms with Gasteiger partial charge in [-0.3, -0.25) is 0 Å². The maximum absolute atomic E-state index is 2.35. The zero-order chi connectivity index (χ0) is 9.97. The predicted octanol–water partition coefficient (Wildman–Crippen LogP) is 3.75. The number of hydrogen-bond acceptors (Lipinski definition) is 0. The number of aromatic nitrogens is 1. The van der Waals surface area contributed by atoms with Crippen LogP contribution in [0.2, 0.25) is 0 Å². The van der Waals surface area contributed by atoms with Gasteiger partial charge < -0.3 is 4.57 Å². The Morgan fingerprint density at radius 1 is 1.21 bits per heavy atom. The van der Waals surface area contributed by atoms with E-state index >= 15 is 0 Å². The van der Waals surface area contributed by atoms with Gasteiger partial charge in [0.1, 0.15) is 0 Å². The van der Waals surface area contributed by atoms with Crippen molar-refractivity contribution in [2.45, 2.75) is 33.2 Å². The largest absolute Gasteiger partial charge is 0.347 e. The molecule has 1 aromatic carbocycles. The third kappa shape index (κ3) is 1.54. The van der Waals surface area contributed by atoms with Crippen LogP contribution in [-0.4, -0.2) is 4.57 Å². The van der Waals surface area contributed by atoms with E-state index < -0.39 is 0 Å². The lowest BCUT2D eigenvalue weighted by molar-refractivity contribution is 0.650. The number of fused-ring (bicyclic) bond motifs is 1. The molecule has 1 aromatic heterocycles. The molecular weight excluding hydrogens is 170 g/mol. The number of nitrogens with zero attached hydrogens (tertiary/aromatic N) is 1. The molecule has 0 atom stereocenters. The SMILES string of the molecule is CCCCn1ccc2c(C)cccc21. The molecule has 14 heavy (non-hydrogen) atoms. The van der Waals surface area contributed by atoms with Gasteiger partial charge in [0.05, 0.1) is 0 Å². The van der Waals surface area contributed by atoms with E-state index in [9.17, 15) is 0 Å². The molecule has 0 aliphatic rings. The summed E-state index contributed by atoms with van der Waals surface area (Å²) in [5, 5.41) is 1.39. The molecule has 0 amide bonds. The van der Waals surface area contributed by atoms with Crippen molar-refractivity contribution in [3.05, 3.63) is 36.0 Å². The van der Waals surface area contributed by atoms with Gasteiger partial charge in [-0.1, -0.05) is 25.5 Å². The summed E-state index contributed by atoms with van der Waals surface area (Å²) < 4.78 is 2.35. The van der Waals surface area contributed by atoms with Crippen molar-refractivity contribution in [2.24, 2.45) is 0 Å². The maximum Gasteiger partial charge on any atom is 0.0482 e. The molecule has 0 saturated carbocycles. The second-order valence-electron chi connectivity index (χ2n) is 3.87. The van der Waals surface area contributed by atoms with Gasteiger partial charge in [0.25, 0.3) is 0 Å². The number of aryl methyl sites for hydroxylation is 2. The molecule has 0 spiro atoms. The molecule has 0 fully saturated rings. The minimum Gasteiger partial charge on any atom is -0.347 e. The molecule has 0 aliphatic carbocycles. The number of unbranched alkanes of at least 4 members (excludes halogenated alkanes) is 1. The van der Waals surface area contributed by atoms with Gasteiger partial charge in [0, 0.05) is 23.6 Å². The Labute approximate surface area is 85.4 Å². The zero-order valence-electron chi connectivity index (χ0n) is 8.96. The van der Waals surface area contributed by atoms with Crippen LogP contribution in [0.3, 0.4) is 0 Å². The van der Waals surface area contributed by atoms with Crippen molar-refractivity contribution >= 4 is 10.9 Å². The van der Waals surface area contributed by atoms with E-state index in [2.05, 4.69) is 48.9 Å². The summed E-state index contributed by atoms with van der Waals surface area (Å²) >= 11 is 0. The molecule has 0 unspecified atom stereocenters. The second-order valence-corrected chi connectivity index (χ2v) is 3.87. The lowest BCUT2D eigenvalue weighted by Gasteiger charge is -2.04. The highest BCUT2D eigenvalue weighted by molar-refractivity contribution is 5.83. The van der Waals surface area contributed by atoms with Crippen LogP contribution in [0.15, 0.2) is 30.5 Å². The molecule has 0 aliphatic heterocycles. The minimum absolute atomic E-state index is 1.14. The average Bonchev–Trinajstić information content (AvgIpc) is 2.60. The van der Waals surface area contributed by atoms with Gasteiger partial charge in [-0.05, 0) is 31.0 Å². The van der Waals surface area contributed by atoms with Crippen molar-refractivity contribution in [3.8, 4) is 0 Å². The van der Waals surface area contributed by atoms with Gasteiger partial charge in [-0.25, -0.2) is 0 Å². The summed E-state index contributed by atoms with van der Waals surface area (Å²) in [5.74, 6) is 0. The van der Waals surface area contributed by atoms with Gasteiger partial charge in [0.2, 0.25) is 0 Å². The van der Waals surface area contributed by atoms with Crippen LogP contribution in [0.25, 0.3) is 10.9 Å². The Hall–Kier alpha value is -1.24. The molecule has 0 N–H and O–H groups in total. The van der Waals surface area contributed by atoms with Crippen LogP contribution >= 0.6 is 0 Å². The third-order valence-corrected chi connectivity index (χ3v) is 2.78. The highest BCUT2D eigenvalue weighted by Crippen LogP contribution is 2.19. The molecule has 0 bridgehead atoms. The molecule has 74 valence electrons. The summed E-state index contributed by atoms with van der Waals surface area (Å²) in [6.07, 6.45) is 4.72. The summed E-state index contributed by atoms with van der Waals surface area (Å²) in [5.41, 5.74) is 2.75. The highest BCUT2D eigenvalue weighted by atomic mass is 14.9. The monoisotopic (exact) mass is 187 g/mol. The fraction of sp³-hybridized carbons (Fsp3) is 0.385. The Morgan fingerprint density at radius 2 is 2.07 bits per heavy atom. The maximum atomic E-state index is 2.35. The zero-order valence-corrected chi connectivity index (χ0v) is 8.96. The van der Waals surface area contributed by atoms with Gasteiger partial charge >= 0.3 is 0 Å². The van der Waals surface area contributed by atoms with Gasteiger partial charge in [0.15, 0.2) is 0 Å². The van der Waals surface area contributed by atoms with E-state index in [1.807, 2.05) is 0 Å². The Morgan fingerprint density at radius 3 is 2.86 bits per heavy atom. The van der Waals surface area contributed by atoms with Gasteiger partial charge in [-0.2, -0.15) is 0 Å². The lowest BCUT2D eigenvalue weighted by Crippen LogP contribution is -1.94. The van der Waals surface area contributed by atoms with Crippen LogP contribution in [0.4, 0.5) is 0 Å². The molecule has 0 radical (unpaired) electrons. The van der Waals surface area contributed by atoms with Crippen molar-refractivity contribution in [2.75, 3.05) is 0 Å². The van der Waals surface area contributed by atoms with E-state index in [-0.39, 0.29) is 0 Å². The number of benzene rings is 1. The first-order valence-electron chi connectivity index (χ1n) is 5.37. The first-order valence-corrected chi connectivity index (χ1v) is 5.37. The van der Waals surface area contributed by atoms with E-state index in [0.717, 1.165) is 6.54 Å². The topological polar surface area (TPSA) is 4.93 Å². The van der Waals surface area contributed by atoms with E-state index in [1.165, 1.54) is 29.3 Å². The first-order chi connectivity index (χ1) is 6.83. The predicted molar refractivity (Wildman–Crippen MR) is 61.6 cm³/mol. The summed E-state index contributed by atoms with van der Waals surface area (Å²) in [6.45, 7) is 5.55. The standard InChI is InChI=1S/C13H17N/c1-3-4-9-14-10-8-12-11(2)6-5-7-13(12)14/h5-8,10H,3-4,9H2,1-2H3. The molecule has 0 saturated heterocycles. The van der Waals surface area contributed by atoms with Crippen molar-refractivity contribution in [1.29, 1.82) is 0 Å². The Bertz CT molecular complexity index is 426. The van der Waals surface area contributed by atoms with E-state index in [1.54, 1.807) is 0 Å². The first kappa shape index (κ1) is 9.32. The summed E-state index contributed by atoms with van der Waals surface area (Å²) in [6, 6.07) is 8.74. The van der Waals surface area contributed by atoms with Crippen LogP contribution in [0.1, 0.15) is 25.3 Å². The molecule has 2 rings (SSSR count). The highest BCUT2D eigenvalue weighted by Gasteiger charge is 2.01. The van der Waals surface area contributed by atoms with Crippen LogP contribution in [-0.2, 0) is 6.54 Å². The lowest BCUT2D eigenvalue weighted by atomic mass is 10.1. The normalized spacial score (nSPS) is 11.0.